The number of aromatic nitrogens is 2. The minimum atomic E-state index is -4.09. The normalized spacial score (nSPS) is 16.5. The van der Waals surface area contributed by atoms with E-state index in [9.17, 15) is 22.0 Å². The maximum Gasteiger partial charge on any atom is 0.272 e. The maximum atomic E-state index is 13.3. The zero-order chi connectivity index (χ0) is 20.6. The highest BCUT2D eigenvalue weighted by Crippen LogP contribution is 2.23. The molecule has 2 heterocycles. The van der Waals surface area contributed by atoms with Crippen molar-refractivity contribution in [2.45, 2.75) is 43.4 Å². The van der Waals surface area contributed by atoms with Gasteiger partial charge in [0.05, 0.1) is 24.7 Å². The molecule has 29 heavy (non-hydrogen) atoms. The first-order valence-corrected chi connectivity index (χ1v) is 10.7. The lowest BCUT2D eigenvalue weighted by Crippen LogP contribution is -2.29. The van der Waals surface area contributed by atoms with Crippen LogP contribution in [-0.4, -0.2) is 43.3 Å². The molecule has 1 fully saturated rings. The van der Waals surface area contributed by atoms with Gasteiger partial charge in [-0.2, -0.15) is 5.10 Å². The standard InChI is InChI=1S/C18H20F2N4O4S/c19-11-7-12(20)9-14(8-11)29(26,27)21-4-5-24-16-3-6-28-10-15(16)17(23-24)18(25)22-13-1-2-13/h7-9,13,21H,1-6,10H2,(H,22,25). The third-order valence-corrected chi connectivity index (χ3v) is 6.23. The predicted molar refractivity (Wildman–Crippen MR) is 97.6 cm³/mol. The van der Waals surface area contributed by atoms with E-state index in [2.05, 4.69) is 15.1 Å². The molecule has 0 spiro atoms. The van der Waals surface area contributed by atoms with Crippen molar-refractivity contribution in [2.24, 2.45) is 0 Å². The van der Waals surface area contributed by atoms with Crippen LogP contribution in [0.2, 0.25) is 0 Å². The Bertz CT molecular complexity index is 1030. The first-order valence-electron chi connectivity index (χ1n) is 9.26. The second kappa shape index (κ2) is 7.81. The van der Waals surface area contributed by atoms with Gasteiger partial charge >= 0.3 is 0 Å². The first kappa shape index (κ1) is 19.9. The number of hydrogen-bond acceptors (Lipinski definition) is 5. The SMILES string of the molecule is O=C(NC1CC1)c1nn(CCNS(=O)(=O)c2cc(F)cc(F)c2)c2c1COCC2. The average molecular weight is 426 g/mol. The fourth-order valence-electron chi connectivity index (χ4n) is 3.21. The molecule has 0 unspecified atom stereocenters. The summed E-state index contributed by atoms with van der Waals surface area (Å²) in [6.07, 6.45) is 2.46. The Hall–Kier alpha value is -2.37. The Morgan fingerprint density at radius 3 is 2.66 bits per heavy atom. The van der Waals surface area contributed by atoms with Gasteiger partial charge in [0, 0.05) is 36.3 Å². The number of carbonyl (C=O) groups excluding carboxylic acids is 1. The number of rotatable bonds is 7. The van der Waals surface area contributed by atoms with Crippen molar-refractivity contribution < 1.29 is 26.7 Å². The third kappa shape index (κ3) is 4.46. The van der Waals surface area contributed by atoms with Crippen LogP contribution >= 0.6 is 0 Å². The number of sulfonamides is 1. The molecular formula is C18H20F2N4O4S. The van der Waals surface area contributed by atoms with E-state index in [1.165, 1.54) is 0 Å². The highest BCUT2D eigenvalue weighted by atomic mass is 32.2. The Labute approximate surface area is 166 Å². The van der Waals surface area contributed by atoms with Crippen molar-refractivity contribution in [1.82, 2.24) is 19.8 Å². The van der Waals surface area contributed by atoms with Crippen LogP contribution in [0.3, 0.4) is 0 Å². The number of ether oxygens (including phenoxy) is 1. The number of nitrogens with zero attached hydrogens (tertiary/aromatic N) is 2. The van der Waals surface area contributed by atoms with Crippen molar-refractivity contribution in [3.63, 3.8) is 0 Å². The van der Waals surface area contributed by atoms with Crippen LogP contribution in [0.4, 0.5) is 8.78 Å². The molecule has 8 nitrogen and oxygen atoms in total. The Balaban J connectivity index is 1.48. The molecule has 0 atom stereocenters. The molecule has 1 saturated carbocycles. The lowest BCUT2D eigenvalue weighted by Gasteiger charge is -2.15. The van der Waals surface area contributed by atoms with E-state index in [1.807, 2.05) is 0 Å². The highest BCUT2D eigenvalue weighted by Gasteiger charge is 2.29. The van der Waals surface area contributed by atoms with Crippen LogP contribution in [0.25, 0.3) is 0 Å². The van der Waals surface area contributed by atoms with Crippen molar-refractivity contribution >= 4 is 15.9 Å². The first-order chi connectivity index (χ1) is 13.8. The summed E-state index contributed by atoms with van der Waals surface area (Å²) >= 11 is 0. The summed E-state index contributed by atoms with van der Waals surface area (Å²) < 4.78 is 60.6. The number of benzene rings is 1. The molecular weight excluding hydrogens is 406 g/mol. The summed E-state index contributed by atoms with van der Waals surface area (Å²) in [4.78, 5) is 11.9. The molecule has 1 aromatic heterocycles. The van der Waals surface area contributed by atoms with Gasteiger partial charge in [-0.25, -0.2) is 21.9 Å². The van der Waals surface area contributed by atoms with Crippen LogP contribution < -0.4 is 10.0 Å². The van der Waals surface area contributed by atoms with Crippen molar-refractivity contribution in [3.8, 4) is 0 Å². The van der Waals surface area contributed by atoms with Gasteiger partial charge in [0.15, 0.2) is 5.69 Å². The van der Waals surface area contributed by atoms with E-state index in [4.69, 9.17) is 4.74 Å². The van der Waals surface area contributed by atoms with Gasteiger partial charge in [-0.15, -0.1) is 0 Å². The Morgan fingerprint density at radius 1 is 1.24 bits per heavy atom. The minimum absolute atomic E-state index is 0.0564. The largest absolute Gasteiger partial charge is 0.376 e. The zero-order valence-corrected chi connectivity index (χ0v) is 16.3. The summed E-state index contributed by atoms with van der Waals surface area (Å²) in [5, 5.41) is 7.26. The molecule has 2 aliphatic rings. The smallest absolute Gasteiger partial charge is 0.272 e. The molecule has 2 N–H and O–H groups in total. The maximum absolute atomic E-state index is 13.3. The van der Waals surface area contributed by atoms with Crippen LogP contribution in [0.5, 0.6) is 0 Å². The molecule has 0 saturated heterocycles. The topological polar surface area (TPSA) is 102 Å². The second-order valence-electron chi connectivity index (χ2n) is 7.05. The van der Waals surface area contributed by atoms with E-state index < -0.39 is 26.6 Å². The van der Waals surface area contributed by atoms with E-state index in [-0.39, 0.29) is 31.6 Å². The van der Waals surface area contributed by atoms with Crippen LogP contribution in [-0.2, 0) is 34.3 Å². The quantitative estimate of drug-likeness (QED) is 0.691. The van der Waals surface area contributed by atoms with Gasteiger partial charge in [-0.3, -0.25) is 9.48 Å². The summed E-state index contributed by atoms with van der Waals surface area (Å²) in [6, 6.07) is 2.29. The van der Waals surface area contributed by atoms with Gasteiger partial charge in [-0.1, -0.05) is 0 Å². The number of fused-ring (bicyclic) bond motifs is 1. The second-order valence-corrected chi connectivity index (χ2v) is 8.82. The van der Waals surface area contributed by atoms with Crippen molar-refractivity contribution in [3.05, 3.63) is 46.8 Å². The summed E-state index contributed by atoms with van der Waals surface area (Å²) in [5.41, 5.74) is 1.83. The molecule has 1 amide bonds. The highest BCUT2D eigenvalue weighted by molar-refractivity contribution is 7.89. The van der Waals surface area contributed by atoms with E-state index in [1.54, 1.807) is 4.68 Å². The molecule has 2 aromatic rings. The molecule has 1 aliphatic carbocycles. The molecule has 156 valence electrons. The minimum Gasteiger partial charge on any atom is -0.376 e. The van der Waals surface area contributed by atoms with E-state index >= 15 is 0 Å². The fourth-order valence-corrected chi connectivity index (χ4v) is 4.27. The lowest BCUT2D eigenvalue weighted by atomic mass is 10.1. The lowest BCUT2D eigenvalue weighted by molar-refractivity contribution is 0.0922. The number of carbonyl (C=O) groups is 1. The van der Waals surface area contributed by atoms with Crippen LogP contribution in [0, 0.1) is 11.6 Å². The summed E-state index contributed by atoms with van der Waals surface area (Å²) in [5.74, 6) is -2.21. The summed E-state index contributed by atoms with van der Waals surface area (Å²) in [7, 11) is -4.09. The molecule has 0 radical (unpaired) electrons. The van der Waals surface area contributed by atoms with E-state index in [0.717, 1.165) is 30.7 Å². The molecule has 4 rings (SSSR count). The van der Waals surface area contributed by atoms with Gasteiger partial charge in [-0.05, 0) is 25.0 Å². The van der Waals surface area contributed by atoms with Gasteiger partial charge in [0.2, 0.25) is 10.0 Å². The van der Waals surface area contributed by atoms with Crippen LogP contribution in [0.1, 0.15) is 34.6 Å². The molecule has 1 aromatic carbocycles. The van der Waals surface area contributed by atoms with Crippen molar-refractivity contribution in [2.75, 3.05) is 13.2 Å². The van der Waals surface area contributed by atoms with Gasteiger partial charge in [0.25, 0.3) is 5.91 Å². The third-order valence-electron chi connectivity index (χ3n) is 4.79. The van der Waals surface area contributed by atoms with Gasteiger partial charge in [0.1, 0.15) is 11.6 Å². The zero-order valence-electron chi connectivity index (χ0n) is 15.5. The number of hydrogen-bond donors (Lipinski definition) is 2. The van der Waals surface area contributed by atoms with Crippen LogP contribution in [0.15, 0.2) is 23.1 Å². The number of halogens is 2. The fraction of sp³-hybridized carbons (Fsp3) is 0.444. The van der Waals surface area contributed by atoms with Crippen molar-refractivity contribution in [1.29, 1.82) is 0 Å². The molecule has 1 aliphatic heterocycles. The molecule has 0 bridgehead atoms. The van der Waals surface area contributed by atoms with E-state index in [0.29, 0.717) is 30.4 Å². The monoisotopic (exact) mass is 426 g/mol. The summed E-state index contributed by atoms with van der Waals surface area (Å²) in [6.45, 7) is 0.864. The molecule has 11 heteroatoms. The van der Waals surface area contributed by atoms with Gasteiger partial charge < -0.3 is 10.1 Å². The number of amides is 1. The number of nitrogens with one attached hydrogen (secondary N) is 2. The Kier molecular flexibility index (Phi) is 5.36. The predicted octanol–water partition coefficient (Wildman–Crippen LogP) is 1.10. The average Bonchev–Trinajstić information content (AvgIpc) is 3.40. The Morgan fingerprint density at radius 2 is 1.97 bits per heavy atom.